The Hall–Kier alpha value is -2.06. The van der Waals surface area contributed by atoms with Crippen molar-refractivity contribution < 1.29 is 33.5 Å². The summed E-state index contributed by atoms with van der Waals surface area (Å²) in [5.41, 5.74) is 3.51. The van der Waals surface area contributed by atoms with Gasteiger partial charge in [-0.25, -0.2) is 13.9 Å². The number of anilines is 1. The van der Waals surface area contributed by atoms with Gasteiger partial charge in [0.2, 0.25) is 5.95 Å². The Kier molecular flexibility index (Phi) is 4.74. The van der Waals surface area contributed by atoms with E-state index in [9.17, 15) is 29.3 Å². The number of aliphatic hydroxyl groups excluding tert-OH is 2. The molecule has 0 aliphatic carbocycles. The Morgan fingerprint density at radius 3 is 2.69 bits per heavy atom. The van der Waals surface area contributed by atoms with E-state index in [0.717, 1.165) is 11.7 Å². The minimum Gasteiger partial charge on any atom is -0.387 e. The van der Waals surface area contributed by atoms with Crippen molar-refractivity contribution in [1.82, 2.24) is 19.5 Å². The molecule has 1 aliphatic heterocycles. The topological polar surface area (TPSA) is 215 Å². The lowest BCUT2D eigenvalue weighted by Crippen LogP contribution is -2.35. The maximum atomic E-state index is 12.2. The number of rotatable bonds is 5. The summed E-state index contributed by atoms with van der Waals surface area (Å²) in [6.07, 6.45) is -5.90. The van der Waals surface area contributed by atoms with Crippen LogP contribution in [0.2, 0.25) is 0 Å². The summed E-state index contributed by atoms with van der Waals surface area (Å²) in [6.45, 7) is -0.608. The molecule has 0 bridgehead atoms. The van der Waals surface area contributed by atoms with Crippen molar-refractivity contribution in [2.45, 2.75) is 24.5 Å². The van der Waals surface area contributed by atoms with Crippen LogP contribution >= 0.6 is 7.82 Å². The molecular weight excluding hydrogens is 377 g/mol. The van der Waals surface area contributed by atoms with Crippen molar-refractivity contribution in [3.05, 3.63) is 20.8 Å². The van der Waals surface area contributed by atoms with E-state index < -0.39 is 50.2 Å². The lowest BCUT2D eigenvalue weighted by atomic mass is 10.1. The number of phosphoric ester groups is 1. The first-order valence-electron chi connectivity index (χ1n) is 7.19. The summed E-state index contributed by atoms with van der Waals surface area (Å²) in [7, 11) is -3.39. The van der Waals surface area contributed by atoms with E-state index in [1.165, 1.54) is 0 Å². The predicted octanol–water partition coefficient (Wildman–Crippen LogP) is -2.62. The van der Waals surface area contributed by atoms with Crippen LogP contribution in [-0.2, 0) is 18.3 Å². The van der Waals surface area contributed by atoms with Crippen LogP contribution in [0, 0.1) is 0 Å². The van der Waals surface area contributed by atoms with Crippen LogP contribution in [0.4, 0.5) is 5.95 Å². The van der Waals surface area contributed by atoms with E-state index in [1.807, 2.05) is 0 Å². The van der Waals surface area contributed by atoms with Crippen LogP contribution in [-0.4, -0.2) is 66.7 Å². The lowest BCUT2D eigenvalue weighted by Gasteiger charge is -2.16. The SMILES string of the molecule is COP(=O)(O)OCC1OC(n2c(=O)[nH]c3c(=O)[nH]c(N)nc32)C(O)C1O. The van der Waals surface area contributed by atoms with Crippen molar-refractivity contribution in [1.29, 1.82) is 0 Å². The molecule has 2 aromatic heterocycles. The maximum absolute atomic E-state index is 12.2. The molecule has 0 saturated carbocycles. The number of hydrogen-bond donors (Lipinski definition) is 6. The first-order chi connectivity index (χ1) is 12.1. The number of phosphoric acid groups is 1. The van der Waals surface area contributed by atoms with Crippen molar-refractivity contribution in [2.75, 3.05) is 19.5 Å². The maximum Gasteiger partial charge on any atom is 0.472 e. The first kappa shape index (κ1) is 18.7. The number of fused-ring (bicyclic) bond motifs is 1. The molecular formula is C11H16N5O9P. The van der Waals surface area contributed by atoms with E-state index in [0.29, 0.717) is 0 Å². The summed E-state index contributed by atoms with van der Waals surface area (Å²) < 4.78 is 26.4. The molecule has 14 nitrogen and oxygen atoms in total. The molecule has 0 spiro atoms. The third kappa shape index (κ3) is 3.19. The highest BCUT2D eigenvalue weighted by molar-refractivity contribution is 7.47. The Morgan fingerprint density at radius 2 is 2.04 bits per heavy atom. The van der Waals surface area contributed by atoms with E-state index in [2.05, 4.69) is 24.0 Å². The second-order valence-corrected chi connectivity index (χ2v) is 7.00. The number of nitrogens with one attached hydrogen (secondary N) is 2. The zero-order valence-electron chi connectivity index (χ0n) is 13.2. The second kappa shape index (κ2) is 6.59. The second-order valence-electron chi connectivity index (χ2n) is 5.44. The van der Waals surface area contributed by atoms with Crippen LogP contribution in [0.3, 0.4) is 0 Å². The average Bonchev–Trinajstić information content (AvgIpc) is 3.03. The minimum absolute atomic E-state index is 0.196. The normalized spacial score (nSPS) is 28.5. The van der Waals surface area contributed by atoms with Crippen LogP contribution < -0.4 is 17.0 Å². The number of H-pyrrole nitrogens is 2. The van der Waals surface area contributed by atoms with Crippen molar-refractivity contribution >= 4 is 24.9 Å². The van der Waals surface area contributed by atoms with Crippen LogP contribution in [0.5, 0.6) is 0 Å². The molecule has 0 amide bonds. The first-order valence-corrected chi connectivity index (χ1v) is 8.69. The molecule has 1 saturated heterocycles. The summed E-state index contributed by atoms with van der Waals surface area (Å²) in [6, 6.07) is 0. The van der Waals surface area contributed by atoms with Gasteiger partial charge in [-0.3, -0.25) is 23.8 Å². The smallest absolute Gasteiger partial charge is 0.387 e. The predicted molar refractivity (Wildman–Crippen MR) is 84.1 cm³/mol. The quantitative estimate of drug-likeness (QED) is 0.289. The highest BCUT2D eigenvalue weighted by Crippen LogP contribution is 2.43. The fourth-order valence-corrected chi connectivity index (χ4v) is 3.01. The number of aromatic nitrogens is 4. The fraction of sp³-hybridized carbons (Fsp3) is 0.545. The van der Waals surface area contributed by atoms with E-state index in [-0.39, 0.29) is 17.1 Å². The van der Waals surface area contributed by atoms with Crippen LogP contribution in [0.25, 0.3) is 11.2 Å². The number of hydrogen-bond acceptors (Lipinski definition) is 10. The molecule has 26 heavy (non-hydrogen) atoms. The molecule has 2 aromatic rings. The third-order valence-corrected chi connectivity index (χ3v) is 4.76. The van der Waals surface area contributed by atoms with Crippen molar-refractivity contribution in [3.63, 3.8) is 0 Å². The van der Waals surface area contributed by atoms with E-state index in [4.69, 9.17) is 10.5 Å². The summed E-state index contributed by atoms with van der Waals surface area (Å²) in [5.74, 6) is -0.274. The number of imidazole rings is 1. The minimum atomic E-state index is -4.34. The van der Waals surface area contributed by atoms with Gasteiger partial charge in [-0.05, 0) is 0 Å². The Labute approximate surface area is 143 Å². The number of ether oxygens (including phenoxy) is 1. The number of aliphatic hydroxyl groups is 2. The highest BCUT2D eigenvalue weighted by atomic mass is 31.2. The van der Waals surface area contributed by atoms with Gasteiger partial charge in [0.1, 0.15) is 18.3 Å². The fourth-order valence-electron chi connectivity index (χ4n) is 2.57. The van der Waals surface area contributed by atoms with Gasteiger partial charge >= 0.3 is 13.5 Å². The zero-order valence-corrected chi connectivity index (χ0v) is 14.1. The molecule has 144 valence electrons. The third-order valence-electron chi connectivity index (χ3n) is 3.82. The molecule has 5 unspecified atom stereocenters. The van der Waals surface area contributed by atoms with Gasteiger partial charge in [-0.2, -0.15) is 4.98 Å². The lowest BCUT2D eigenvalue weighted by molar-refractivity contribution is -0.0522. The molecule has 3 heterocycles. The number of aromatic amines is 2. The Bertz CT molecular complexity index is 983. The molecule has 5 atom stereocenters. The van der Waals surface area contributed by atoms with Crippen molar-refractivity contribution in [2.24, 2.45) is 0 Å². The van der Waals surface area contributed by atoms with E-state index in [1.54, 1.807) is 0 Å². The van der Waals surface area contributed by atoms with Gasteiger partial charge in [0, 0.05) is 7.11 Å². The summed E-state index contributed by atoms with van der Waals surface area (Å²) in [4.78, 5) is 41.5. The van der Waals surface area contributed by atoms with Crippen molar-refractivity contribution in [3.8, 4) is 0 Å². The van der Waals surface area contributed by atoms with Gasteiger partial charge in [0.05, 0.1) is 6.61 Å². The molecule has 0 aromatic carbocycles. The Balaban J connectivity index is 1.94. The van der Waals surface area contributed by atoms with Crippen LogP contribution in [0.15, 0.2) is 9.59 Å². The molecule has 3 rings (SSSR count). The van der Waals surface area contributed by atoms with Gasteiger partial charge in [-0.15, -0.1) is 0 Å². The molecule has 0 radical (unpaired) electrons. The standard InChI is InChI=1S/C11H16N5O9P/c1-23-26(21,22)24-2-3-5(17)6(18)9(25-3)16-7-4(13-11(16)20)8(19)15-10(12)14-7/h3,5-6,9,17-18H,2H2,1H3,(H,13,20)(H,21,22)(H3,12,14,15,19). The van der Waals surface area contributed by atoms with Gasteiger partial charge in [0.25, 0.3) is 5.56 Å². The van der Waals surface area contributed by atoms with E-state index >= 15 is 0 Å². The average molecular weight is 393 g/mol. The molecule has 1 aliphatic rings. The summed E-state index contributed by atoms with van der Waals surface area (Å²) >= 11 is 0. The molecule has 7 N–H and O–H groups in total. The number of nitrogen functional groups attached to an aromatic ring is 1. The Morgan fingerprint density at radius 1 is 1.35 bits per heavy atom. The summed E-state index contributed by atoms with van der Waals surface area (Å²) in [5, 5.41) is 20.3. The van der Waals surface area contributed by atoms with Gasteiger partial charge in [0.15, 0.2) is 17.4 Å². The highest BCUT2D eigenvalue weighted by Gasteiger charge is 2.46. The van der Waals surface area contributed by atoms with Crippen LogP contribution in [0.1, 0.15) is 6.23 Å². The zero-order chi connectivity index (χ0) is 19.2. The monoisotopic (exact) mass is 393 g/mol. The molecule has 1 fully saturated rings. The van der Waals surface area contributed by atoms with Gasteiger partial charge < -0.3 is 25.6 Å². The van der Waals surface area contributed by atoms with Gasteiger partial charge in [-0.1, -0.05) is 0 Å². The molecule has 15 heteroatoms. The number of nitrogens with zero attached hydrogens (tertiary/aromatic N) is 2. The largest absolute Gasteiger partial charge is 0.472 e. The number of nitrogens with two attached hydrogens (primary N) is 1.